The third-order valence-corrected chi connectivity index (χ3v) is 4.74. The van der Waals surface area contributed by atoms with E-state index in [1.165, 1.54) is 0 Å². The number of piperidine rings is 1. The maximum absolute atomic E-state index is 11.7. The molecule has 26 heavy (non-hydrogen) atoms. The van der Waals surface area contributed by atoms with Crippen molar-refractivity contribution in [2.75, 3.05) is 32.7 Å². The SMILES string of the molecule is CCNC(=NCCNC(=O)C1CC1)N1CCC(Oc2ccccc2)CC1. The van der Waals surface area contributed by atoms with E-state index < -0.39 is 0 Å². The number of ether oxygens (including phenoxy) is 1. The number of hydrogen-bond donors (Lipinski definition) is 2. The highest BCUT2D eigenvalue weighted by molar-refractivity contribution is 5.81. The maximum Gasteiger partial charge on any atom is 0.223 e. The van der Waals surface area contributed by atoms with Gasteiger partial charge in [-0.25, -0.2) is 0 Å². The third kappa shape index (κ3) is 5.64. The first-order chi connectivity index (χ1) is 12.8. The Balaban J connectivity index is 1.43. The summed E-state index contributed by atoms with van der Waals surface area (Å²) >= 11 is 0. The van der Waals surface area contributed by atoms with Crippen LogP contribution in [0, 0.1) is 5.92 Å². The zero-order chi connectivity index (χ0) is 18.2. The molecule has 3 rings (SSSR count). The number of benzene rings is 1. The summed E-state index contributed by atoms with van der Waals surface area (Å²) in [5.74, 6) is 2.32. The maximum atomic E-state index is 11.7. The van der Waals surface area contributed by atoms with Crippen LogP contribution in [0.5, 0.6) is 5.75 Å². The Morgan fingerprint density at radius 2 is 1.88 bits per heavy atom. The third-order valence-electron chi connectivity index (χ3n) is 4.74. The number of amides is 1. The number of nitrogens with one attached hydrogen (secondary N) is 2. The van der Waals surface area contributed by atoms with Crippen LogP contribution in [0.25, 0.3) is 0 Å². The second kappa shape index (κ2) is 9.46. The van der Waals surface area contributed by atoms with Crippen LogP contribution in [0.2, 0.25) is 0 Å². The minimum absolute atomic E-state index is 0.184. The number of likely N-dealkylation sites (tertiary alicyclic amines) is 1. The summed E-state index contributed by atoms with van der Waals surface area (Å²) in [5.41, 5.74) is 0. The van der Waals surface area contributed by atoms with Gasteiger partial charge in [0.15, 0.2) is 5.96 Å². The van der Waals surface area contributed by atoms with Gasteiger partial charge in [-0.15, -0.1) is 0 Å². The monoisotopic (exact) mass is 358 g/mol. The van der Waals surface area contributed by atoms with Gasteiger partial charge >= 0.3 is 0 Å². The van der Waals surface area contributed by atoms with Crippen LogP contribution in [-0.2, 0) is 4.79 Å². The fourth-order valence-corrected chi connectivity index (χ4v) is 3.13. The summed E-state index contributed by atoms with van der Waals surface area (Å²) in [5, 5.41) is 6.33. The van der Waals surface area contributed by atoms with E-state index in [1.54, 1.807) is 0 Å². The van der Waals surface area contributed by atoms with Gasteiger partial charge in [0.2, 0.25) is 5.91 Å². The summed E-state index contributed by atoms with van der Waals surface area (Å²) in [4.78, 5) is 18.6. The Morgan fingerprint density at radius 1 is 1.15 bits per heavy atom. The number of carbonyl (C=O) groups excluding carboxylic acids is 1. The van der Waals surface area contributed by atoms with Crippen molar-refractivity contribution in [3.05, 3.63) is 30.3 Å². The second-order valence-corrected chi connectivity index (χ2v) is 6.92. The van der Waals surface area contributed by atoms with Crippen molar-refractivity contribution < 1.29 is 9.53 Å². The number of aliphatic imine (C=N–C) groups is 1. The van der Waals surface area contributed by atoms with E-state index in [1.807, 2.05) is 30.3 Å². The predicted octanol–water partition coefficient (Wildman–Crippen LogP) is 2.02. The molecule has 1 heterocycles. The summed E-state index contributed by atoms with van der Waals surface area (Å²) in [6.07, 6.45) is 4.31. The van der Waals surface area contributed by atoms with E-state index >= 15 is 0 Å². The van der Waals surface area contributed by atoms with Crippen molar-refractivity contribution in [2.45, 2.75) is 38.7 Å². The van der Waals surface area contributed by atoms with Gasteiger partial charge in [0.25, 0.3) is 0 Å². The Kier molecular flexibility index (Phi) is 6.75. The molecule has 1 aromatic carbocycles. The predicted molar refractivity (Wildman–Crippen MR) is 103 cm³/mol. The molecular formula is C20H30N4O2. The topological polar surface area (TPSA) is 66.0 Å². The van der Waals surface area contributed by atoms with Gasteiger partial charge in [-0.1, -0.05) is 18.2 Å². The van der Waals surface area contributed by atoms with Gasteiger partial charge in [0, 0.05) is 44.9 Å². The molecule has 2 aliphatic rings. The summed E-state index contributed by atoms with van der Waals surface area (Å²) in [7, 11) is 0. The fraction of sp³-hybridized carbons (Fsp3) is 0.600. The van der Waals surface area contributed by atoms with Crippen molar-refractivity contribution in [1.82, 2.24) is 15.5 Å². The first-order valence-electron chi connectivity index (χ1n) is 9.79. The Morgan fingerprint density at radius 3 is 2.54 bits per heavy atom. The minimum atomic E-state index is 0.184. The lowest BCUT2D eigenvalue weighted by Crippen LogP contribution is -2.47. The van der Waals surface area contributed by atoms with Crippen LogP contribution in [0.15, 0.2) is 35.3 Å². The van der Waals surface area contributed by atoms with E-state index in [-0.39, 0.29) is 17.9 Å². The largest absolute Gasteiger partial charge is 0.490 e. The van der Waals surface area contributed by atoms with Gasteiger partial charge in [-0.05, 0) is 31.9 Å². The van der Waals surface area contributed by atoms with E-state index in [9.17, 15) is 4.79 Å². The average molecular weight is 358 g/mol. The van der Waals surface area contributed by atoms with Crippen LogP contribution in [-0.4, -0.2) is 55.6 Å². The smallest absolute Gasteiger partial charge is 0.223 e. The minimum Gasteiger partial charge on any atom is -0.490 e. The molecule has 1 saturated heterocycles. The van der Waals surface area contributed by atoms with Gasteiger partial charge < -0.3 is 20.3 Å². The van der Waals surface area contributed by atoms with E-state index in [2.05, 4.69) is 27.4 Å². The number of para-hydroxylation sites is 1. The molecule has 0 spiro atoms. The van der Waals surface area contributed by atoms with Crippen LogP contribution in [0.1, 0.15) is 32.6 Å². The van der Waals surface area contributed by atoms with Gasteiger partial charge in [0.1, 0.15) is 11.9 Å². The highest BCUT2D eigenvalue weighted by Crippen LogP contribution is 2.28. The molecule has 6 heteroatoms. The normalized spacial score (nSPS) is 18.5. The molecule has 1 amide bonds. The van der Waals surface area contributed by atoms with Crippen molar-refractivity contribution in [1.29, 1.82) is 0 Å². The van der Waals surface area contributed by atoms with E-state index in [4.69, 9.17) is 4.74 Å². The fourth-order valence-electron chi connectivity index (χ4n) is 3.13. The lowest BCUT2D eigenvalue weighted by Gasteiger charge is -2.34. The van der Waals surface area contributed by atoms with Crippen molar-refractivity contribution in [2.24, 2.45) is 10.9 Å². The molecule has 1 aromatic rings. The molecule has 1 saturated carbocycles. The summed E-state index contributed by atoms with van der Waals surface area (Å²) < 4.78 is 6.06. The van der Waals surface area contributed by atoms with E-state index in [0.29, 0.717) is 13.1 Å². The zero-order valence-corrected chi connectivity index (χ0v) is 15.6. The Labute approximate surface area is 156 Å². The molecule has 1 aliphatic heterocycles. The number of nitrogens with zero attached hydrogens (tertiary/aromatic N) is 2. The van der Waals surface area contributed by atoms with Crippen LogP contribution in [0.4, 0.5) is 0 Å². The lowest BCUT2D eigenvalue weighted by molar-refractivity contribution is -0.122. The van der Waals surface area contributed by atoms with Gasteiger partial charge in [-0.2, -0.15) is 0 Å². The molecule has 142 valence electrons. The molecule has 0 aromatic heterocycles. The van der Waals surface area contributed by atoms with Crippen LogP contribution in [0.3, 0.4) is 0 Å². The first-order valence-corrected chi connectivity index (χ1v) is 9.79. The summed E-state index contributed by atoms with van der Waals surface area (Å²) in [6.45, 7) is 6.00. The molecule has 0 atom stereocenters. The first kappa shape index (κ1) is 18.5. The Bertz CT molecular complexity index is 593. The lowest BCUT2D eigenvalue weighted by atomic mass is 10.1. The Hall–Kier alpha value is -2.24. The zero-order valence-electron chi connectivity index (χ0n) is 15.6. The number of carbonyl (C=O) groups is 1. The second-order valence-electron chi connectivity index (χ2n) is 6.92. The van der Waals surface area contributed by atoms with Crippen LogP contribution >= 0.6 is 0 Å². The molecule has 0 radical (unpaired) electrons. The molecule has 2 N–H and O–H groups in total. The average Bonchev–Trinajstić information content (AvgIpc) is 3.51. The van der Waals surface area contributed by atoms with E-state index in [0.717, 1.165) is 57.0 Å². The molecule has 2 fully saturated rings. The quantitative estimate of drug-likeness (QED) is 0.445. The molecular weight excluding hydrogens is 328 g/mol. The molecule has 0 unspecified atom stereocenters. The number of rotatable bonds is 7. The van der Waals surface area contributed by atoms with Crippen molar-refractivity contribution >= 4 is 11.9 Å². The highest BCUT2D eigenvalue weighted by Gasteiger charge is 2.29. The van der Waals surface area contributed by atoms with Crippen molar-refractivity contribution in [3.8, 4) is 5.75 Å². The molecule has 0 bridgehead atoms. The number of hydrogen-bond acceptors (Lipinski definition) is 3. The number of guanidine groups is 1. The molecule has 6 nitrogen and oxygen atoms in total. The van der Waals surface area contributed by atoms with Crippen LogP contribution < -0.4 is 15.4 Å². The van der Waals surface area contributed by atoms with Gasteiger partial charge in [-0.3, -0.25) is 9.79 Å². The summed E-state index contributed by atoms with van der Waals surface area (Å²) in [6, 6.07) is 10.0. The van der Waals surface area contributed by atoms with Gasteiger partial charge in [0.05, 0.1) is 6.54 Å². The highest BCUT2D eigenvalue weighted by atomic mass is 16.5. The van der Waals surface area contributed by atoms with Crippen molar-refractivity contribution in [3.63, 3.8) is 0 Å². The molecule has 1 aliphatic carbocycles. The standard InChI is InChI=1S/C20H30N4O2/c1-2-21-20(23-13-12-22-19(25)16-8-9-16)24-14-10-18(11-15-24)26-17-6-4-3-5-7-17/h3-7,16,18H,2,8-15H2,1H3,(H,21,23)(H,22,25).